The smallest absolute Gasteiger partial charge is 0.191 e. The van der Waals surface area contributed by atoms with Gasteiger partial charge in [0.05, 0.1) is 22.3 Å². The van der Waals surface area contributed by atoms with Crippen LogP contribution in [0.25, 0.3) is 22.8 Å². The number of hydrogen-bond donors (Lipinski definition) is 0. The topological polar surface area (TPSA) is 52.4 Å². The van der Waals surface area contributed by atoms with Crippen LogP contribution in [0.15, 0.2) is 46.9 Å². The summed E-state index contributed by atoms with van der Waals surface area (Å²) in [6.07, 6.45) is 3.24. The molecule has 0 unspecified atom stereocenters. The molecule has 0 saturated heterocycles. The van der Waals surface area contributed by atoms with Gasteiger partial charge in [0.15, 0.2) is 5.78 Å². The zero-order chi connectivity index (χ0) is 16.8. The number of benzene rings is 1. The summed E-state index contributed by atoms with van der Waals surface area (Å²) < 4.78 is 9.32. The molecule has 0 N–H and O–H groups in total. The van der Waals surface area contributed by atoms with Crippen LogP contribution in [-0.4, -0.2) is 20.0 Å². The molecule has 0 aliphatic carbocycles. The summed E-state index contributed by atoms with van der Waals surface area (Å²) in [5, 5.41) is 4.56. The number of imidazole rings is 1. The van der Waals surface area contributed by atoms with Crippen LogP contribution < -0.4 is 0 Å². The number of aryl methyl sites for hydroxylation is 3. The molecule has 120 valence electrons. The van der Waals surface area contributed by atoms with Crippen molar-refractivity contribution in [1.29, 1.82) is 0 Å². The molecular weight excluding hydrogens is 302 g/mol. The minimum atomic E-state index is -0.0811. The number of aromatic nitrogens is 3. The quantitative estimate of drug-likeness (QED) is 0.425. The van der Waals surface area contributed by atoms with Crippen molar-refractivity contribution in [2.45, 2.75) is 13.8 Å². The van der Waals surface area contributed by atoms with Crippen LogP contribution in [0.1, 0.15) is 27.6 Å². The lowest BCUT2D eigenvalue weighted by atomic mass is 10.1. The number of allylic oxidation sites excluding steroid dienone is 1. The first-order valence-electron chi connectivity index (χ1n) is 7.78. The van der Waals surface area contributed by atoms with Crippen molar-refractivity contribution in [2.75, 3.05) is 0 Å². The second-order valence-corrected chi connectivity index (χ2v) is 5.89. The molecule has 0 saturated carbocycles. The summed E-state index contributed by atoms with van der Waals surface area (Å²) >= 11 is 0. The lowest BCUT2D eigenvalue weighted by molar-refractivity contribution is 0.104. The molecule has 3 aromatic heterocycles. The summed E-state index contributed by atoms with van der Waals surface area (Å²) in [5.41, 5.74) is 4.17. The number of hydrogen-bond acceptors (Lipinski definition) is 3. The van der Waals surface area contributed by atoms with Crippen molar-refractivity contribution in [3.63, 3.8) is 0 Å². The predicted octanol–water partition coefficient (Wildman–Crippen LogP) is 3.93. The van der Waals surface area contributed by atoms with E-state index in [9.17, 15) is 4.79 Å². The molecule has 0 spiro atoms. The van der Waals surface area contributed by atoms with Crippen LogP contribution in [-0.2, 0) is 7.05 Å². The maximum absolute atomic E-state index is 12.8. The number of fused-ring (bicyclic) bond motifs is 3. The van der Waals surface area contributed by atoms with Gasteiger partial charge in [0.25, 0.3) is 0 Å². The Hall–Kier alpha value is -3.08. The van der Waals surface area contributed by atoms with Gasteiger partial charge in [-0.05, 0) is 50.3 Å². The second-order valence-electron chi connectivity index (χ2n) is 5.89. The molecule has 1 aromatic carbocycles. The fourth-order valence-electron chi connectivity index (χ4n) is 3.11. The lowest BCUT2D eigenvalue weighted by Gasteiger charge is -1.98. The zero-order valence-electron chi connectivity index (χ0n) is 13.8. The van der Waals surface area contributed by atoms with E-state index in [4.69, 9.17) is 4.42 Å². The first-order chi connectivity index (χ1) is 11.6. The second kappa shape index (κ2) is 5.23. The third-order valence-corrected chi connectivity index (χ3v) is 4.23. The van der Waals surface area contributed by atoms with Crippen LogP contribution in [0.2, 0.25) is 0 Å². The zero-order valence-corrected chi connectivity index (χ0v) is 13.8. The molecule has 5 heteroatoms. The highest BCUT2D eigenvalue weighted by molar-refractivity contribution is 6.12. The largest absolute Gasteiger partial charge is 0.462 e. The Balaban J connectivity index is 1.85. The van der Waals surface area contributed by atoms with E-state index in [1.54, 1.807) is 12.2 Å². The Kier molecular flexibility index (Phi) is 3.16. The average Bonchev–Trinajstić information content (AvgIpc) is 3.21. The molecule has 4 rings (SSSR count). The molecule has 24 heavy (non-hydrogen) atoms. The van der Waals surface area contributed by atoms with E-state index in [0.29, 0.717) is 11.3 Å². The first-order valence-corrected chi connectivity index (χ1v) is 7.78. The van der Waals surface area contributed by atoms with Crippen molar-refractivity contribution >= 4 is 28.5 Å². The van der Waals surface area contributed by atoms with Gasteiger partial charge in [-0.2, -0.15) is 5.10 Å². The standard InChI is InChI=1S/C19H17N3O2/c1-12-8-9-14(24-12)10-11-17(23)18-13(2)20-22-16-7-5-4-6-15(16)21(3)19(18)22/h4-11H,1-3H3/b11-10+. The Morgan fingerprint density at radius 3 is 2.58 bits per heavy atom. The van der Waals surface area contributed by atoms with Crippen molar-refractivity contribution in [3.05, 3.63) is 65.3 Å². The molecule has 0 amide bonds. The normalized spacial score (nSPS) is 12.0. The van der Waals surface area contributed by atoms with Gasteiger partial charge in [0, 0.05) is 7.05 Å². The summed E-state index contributed by atoms with van der Waals surface area (Å²) in [7, 11) is 1.95. The number of furan rings is 1. The maximum Gasteiger partial charge on any atom is 0.191 e. The molecular formula is C19H17N3O2. The van der Waals surface area contributed by atoms with Crippen molar-refractivity contribution < 1.29 is 9.21 Å². The van der Waals surface area contributed by atoms with E-state index in [-0.39, 0.29) is 5.78 Å². The SMILES string of the molecule is Cc1ccc(/C=C/C(=O)c2c(C)nn3c4ccccc4n(C)c23)o1. The van der Waals surface area contributed by atoms with Gasteiger partial charge < -0.3 is 8.98 Å². The van der Waals surface area contributed by atoms with Gasteiger partial charge in [0.2, 0.25) is 0 Å². The Morgan fingerprint density at radius 2 is 1.88 bits per heavy atom. The molecule has 0 bridgehead atoms. The monoisotopic (exact) mass is 319 g/mol. The summed E-state index contributed by atoms with van der Waals surface area (Å²) in [4.78, 5) is 12.8. The van der Waals surface area contributed by atoms with Crippen LogP contribution in [0.3, 0.4) is 0 Å². The number of rotatable bonds is 3. The van der Waals surface area contributed by atoms with E-state index < -0.39 is 0 Å². The van der Waals surface area contributed by atoms with E-state index in [2.05, 4.69) is 5.10 Å². The van der Waals surface area contributed by atoms with Gasteiger partial charge in [-0.3, -0.25) is 4.79 Å². The Morgan fingerprint density at radius 1 is 1.12 bits per heavy atom. The van der Waals surface area contributed by atoms with Gasteiger partial charge in [-0.15, -0.1) is 0 Å². The highest BCUT2D eigenvalue weighted by Gasteiger charge is 2.20. The Labute approximate surface area is 138 Å². The van der Waals surface area contributed by atoms with E-state index in [1.165, 1.54) is 0 Å². The van der Waals surface area contributed by atoms with E-state index in [1.807, 2.05) is 66.4 Å². The number of nitrogens with zero attached hydrogens (tertiary/aromatic N) is 3. The van der Waals surface area contributed by atoms with E-state index >= 15 is 0 Å². The number of ketones is 1. The van der Waals surface area contributed by atoms with Gasteiger partial charge >= 0.3 is 0 Å². The molecule has 0 aliphatic heterocycles. The first kappa shape index (κ1) is 14.5. The Bertz CT molecular complexity index is 1110. The number of carbonyl (C=O) groups excluding carboxylic acids is 1. The molecule has 3 heterocycles. The summed E-state index contributed by atoms with van der Waals surface area (Å²) in [6, 6.07) is 11.7. The average molecular weight is 319 g/mol. The molecule has 0 radical (unpaired) electrons. The molecule has 0 atom stereocenters. The van der Waals surface area contributed by atoms with Crippen molar-refractivity contribution in [3.8, 4) is 0 Å². The fourth-order valence-corrected chi connectivity index (χ4v) is 3.11. The van der Waals surface area contributed by atoms with Crippen LogP contribution >= 0.6 is 0 Å². The van der Waals surface area contributed by atoms with Crippen molar-refractivity contribution in [1.82, 2.24) is 14.2 Å². The van der Waals surface area contributed by atoms with Gasteiger partial charge in [-0.25, -0.2) is 4.52 Å². The van der Waals surface area contributed by atoms with Crippen LogP contribution in [0, 0.1) is 13.8 Å². The van der Waals surface area contributed by atoms with Gasteiger partial charge in [-0.1, -0.05) is 12.1 Å². The maximum atomic E-state index is 12.8. The number of para-hydroxylation sites is 2. The minimum absolute atomic E-state index is 0.0811. The molecule has 5 nitrogen and oxygen atoms in total. The predicted molar refractivity (Wildman–Crippen MR) is 93.2 cm³/mol. The number of carbonyl (C=O) groups is 1. The lowest BCUT2D eigenvalue weighted by Crippen LogP contribution is -1.99. The van der Waals surface area contributed by atoms with Crippen LogP contribution in [0.5, 0.6) is 0 Å². The fraction of sp³-hybridized carbons (Fsp3) is 0.158. The molecule has 0 aliphatic rings. The molecule has 4 aromatic rings. The third kappa shape index (κ3) is 2.09. The third-order valence-electron chi connectivity index (χ3n) is 4.23. The highest BCUT2D eigenvalue weighted by Crippen LogP contribution is 2.25. The minimum Gasteiger partial charge on any atom is -0.462 e. The van der Waals surface area contributed by atoms with Crippen molar-refractivity contribution in [2.24, 2.45) is 7.05 Å². The van der Waals surface area contributed by atoms with Gasteiger partial charge in [0.1, 0.15) is 17.2 Å². The van der Waals surface area contributed by atoms with E-state index in [0.717, 1.165) is 28.1 Å². The molecule has 0 fully saturated rings. The highest BCUT2D eigenvalue weighted by atomic mass is 16.3. The van der Waals surface area contributed by atoms with Crippen LogP contribution in [0.4, 0.5) is 0 Å². The summed E-state index contributed by atoms with van der Waals surface area (Å²) in [6.45, 7) is 3.74. The summed E-state index contributed by atoms with van der Waals surface area (Å²) in [5.74, 6) is 1.40.